The van der Waals surface area contributed by atoms with Gasteiger partial charge in [0.25, 0.3) is 0 Å². The van der Waals surface area contributed by atoms with E-state index < -0.39 is 11.6 Å². The summed E-state index contributed by atoms with van der Waals surface area (Å²) in [6, 6.07) is 9.49. The zero-order valence-corrected chi connectivity index (χ0v) is 11.1. The van der Waals surface area contributed by atoms with E-state index in [4.69, 9.17) is 4.74 Å². The highest BCUT2D eigenvalue weighted by atomic mass is 19.1. The van der Waals surface area contributed by atoms with Crippen LogP contribution in [0.2, 0.25) is 0 Å². The van der Waals surface area contributed by atoms with Gasteiger partial charge in [0.1, 0.15) is 23.5 Å². The molecule has 1 unspecified atom stereocenters. The maximum atomic E-state index is 13.1. The Morgan fingerprint density at radius 1 is 1.15 bits per heavy atom. The first kappa shape index (κ1) is 12.9. The van der Waals surface area contributed by atoms with Gasteiger partial charge >= 0.3 is 0 Å². The Balaban J connectivity index is 1.63. The first-order valence-corrected chi connectivity index (χ1v) is 6.56. The molecule has 0 amide bonds. The van der Waals surface area contributed by atoms with Crippen molar-refractivity contribution in [1.82, 2.24) is 0 Å². The molecule has 20 heavy (non-hydrogen) atoms. The van der Waals surface area contributed by atoms with Crippen LogP contribution in [0.1, 0.15) is 11.1 Å². The Hall–Kier alpha value is -2.10. The molecule has 3 rings (SSSR count). The summed E-state index contributed by atoms with van der Waals surface area (Å²) in [6.07, 6.45) is 0.792. The lowest BCUT2D eigenvalue weighted by molar-refractivity contribution is 0.246. The van der Waals surface area contributed by atoms with Crippen molar-refractivity contribution in [3.63, 3.8) is 0 Å². The minimum absolute atomic E-state index is 0.0156. The largest absolute Gasteiger partial charge is 0.488 e. The summed E-state index contributed by atoms with van der Waals surface area (Å²) in [5.74, 6) is -0.273. The molecule has 0 radical (unpaired) electrons. The SMILES string of the molecule is Cc1ccc2c(c1)CC(CNc1cc(F)cc(F)c1)O2. The van der Waals surface area contributed by atoms with Crippen molar-refractivity contribution >= 4 is 5.69 Å². The standard InChI is InChI=1S/C16H15F2NO/c1-10-2-3-16-11(4-10)5-15(20-16)9-19-14-7-12(17)6-13(18)8-14/h2-4,6-8,15,19H,5,9H2,1H3. The summed E-state index contributed by atoms with van der Waals surface area (Å²) in [5.41, 5.74) is 2.81. The lowest BCUT2D eigenvalue weighted by Crippen LogP contribution is -2.24. The van der Waals surface area contributed by atoms with E-state index >= 15 is 0 Å². The molecule has 0 saturated heterocycles. The molecule has 2 aromatic rings. The molecule has 0 fully saturated rings. The van der Waals surface area contributed by atoms with Crippen molar-refractivity contribution in [1.29, 1.82) is 0 Å². The molecule has 0 spiro atoms. The van der Waals surface area contributed by atoms with Gasteiger partial charge in [-0.05, 0) is 30.7 Å². The van der Waals surface area contributed by atoms with Crippen molar-refractivity contribution in [3.8, 4) is 5.75 Å². The maximum Gasteiger partial charge on any atom is 0.128 e. The van der Waals surface area contributed by atoms with E-state index in [1.54, 1.807) is 0 Å². The molecule has 2 nitrogen and oxygen atoms in total. The molecule has 4 heteroatoms. The van der Waals surface area contributed by atoms with E-state index in [1.807, 2.05) is 19.1 Å². The van der Waals surface area contributed by atoms with Crippen molar-refractivity contribution in [2.45, 2.75) is 19.4 Å². The van der Waals surface area contributed by atoms with Gasteiger partial charge in [0.05, 0.1) is 6.54 Å². The normalized spacial score (nSPS) is 16.6. The molecule has 0 aliphatic carbocycles. The number of hydrogen-bond acceptors (Lipinski definition) is 2. The minimum atomic E-state index is -0.584. The summed E-state index contributed by atoms with van der Waals surface area (Å²) in [6.45, 7) is 2.55. The van der Waals surface area contributed by atoms with Crippen LogP contribution < -0.4 is 10.1 Å². The third kappa shape index (κ3) is 2.74. The second kappa shape index (κ2) is 5.12. The van der Waals surface area contributed by atoms with Crippen molar-refractivity contribution in [2.24, 2.45) is 0 Å². The zero-order chi connectivity index (χ0) is 14.1. The van der Waals surface area contributed by atoms with E-state index in [2.05, 4.69) is 11.4 Å². The topological polar surface area (TPSA) is 21.3 Å². The number of halogens is 2. The number of rotatable bonds is 3. The second-order valence-corrected chi connectivity index (χ2v) is 5.09. The van der Waals surface area contributed by atoms with Crippen LogP contribution in [-0.2, 0) is 6.42 Å². The van der Waals surface area contributed by atoms with Crippen LogP contribution in [0, 0.1) is 18.6 Å². The highest BCUT2D eigenvalue weighted by Crippen LogP contribution is 2.29. The average molecular weight is 275 g/mol. The molecule has 1 N–H and O–H groups in total. The van der Waals surface area contributed by atoms with Crippen molar-refractivity contribution in [2.75, 3.05) is 11.9 Å². The van der Waals surface area contributed by atoms with Gasteiger partial charge in [-0.1, -0.05) is 17.7 Å². The van der Waals surface area contributed by atoms with Crippen LogP contribution in [0.15, 0.2) is 36.4 Å². The van der Waals surface area contributed by atoms with E-state index in [1.165, 1.54) is 23.3 Å². The molecule has 1 aliphatic rings. The monoisotopic (exact) mass is 275 g/mol. The number of benzene rings is 2. The maximum absolute atomic E-state index is 13.1. The number of aryl methyl sites for hydroxylation is 1. The Kier molecular flexibility index (Phi) is 3.30. The fourth-order valence-electron chi connectivity index (χ4n) is 2.45. The smallest absolute Gasteiger partial charge is 0.128 e. The molecular formula is C16H15F2NO. The molecule has 104 valence electrons. The highest BCUT2D eigenvalue weighted by molar-refractivity contribution is 5.45. The Morgan fingerprint density at radius 3 is 2.65 bits per heavy atom. The van der Waals surface area contributed by atoms with E-state index in [-0.39, 0.29) is 6.10 Å². The lowest BCUT2D eigenvalue weighted by Gasteiger charge is -2.13. The van der Waals surface area contributed by atoms with E-state index in [0.29, 0.717) is 12.2 Å². The quantitative estimate of drug-likeness (QED) is 0.922. The highest BCUT2D eigenvalue weighted by Gasteiger charge is 2.22. The van der Waals surface area contributed by atoms with Gasteiger partial charge in [-0.15, -0.1) is 0 Å². The number of nitrogens with one attached hydrogen (secondary N) is 1. The molecule has 1 atom stereocenters. The van der Waals surface area contributed by atoms with Gasteiger partial charge in [0.2, 0.25) is 0 Å². The van der Waals surface area contributed by atoms with E-state index in [9.17, 15) is 8.78 Å². The first-order valence-electron chi connectivity index (χ1n) is 6.56. The van der Waals surface area contributed by atoms with Crippen molar-refractivity contribution in [3.05, 3.63) is 59.2 Å². The third-order valence-electron chi connectivity index (χ3n) is 3.35. The number of fused-ring (bicyclic) bond motifs is 1. The summed E-state index contributed by atoms with van der Waals surface area (Å²) in [7, 11) is 0. The van der Waals surface area contributed by atoms with Gasteiger partial charge in [-0.25, -0.2) is 8.78 Å². The lowest BCUT2D eigenvalue weighted by atomic mass is 10.1. The Labute approximate surface area is 116 Å². The van der Waals surface area contributed by atoms with Crippen LogP contribution in [0.4, 0.5) is 14.5 Å². The summed E-state index contributed by atoms with van der Waals surface area (Å²) < 4.78 is 31.9. The van der Waals surface area contributed by atoms with Gasteiger partial charge in [-0.3, -0.25) is 0 Å². The molecule has 1 aliphatic heterocycles. The molecule has 0 bridgehead atoms. The fourth-order valence-corrected chi connectivity index (χ4v) is 2.45. The van der Waals surface area contributed by atoms with Gasteiger partial charge < -0.3 is 10.1 Å². The van der Waals surface area contributed by atoms with Crippen molar-refractivity contribution < 1.29 is 13.5 Å². The van der Waals surface area contributed by atoms with Crippen LogP contribution in [0.5, 0.6) is 5.75 Å². The number of anilines is 1. The summed E-state index contributed by atoms with van der Waals surface area (Å²) in [5, 5.41) is 3.01. The number of hydrogen-bond donors (Lipinski definition) is 1. The predicted octanol–water partition coefficient (Wildman–Crippen LogP) is 3.69. The van der Waals surface area contributed by atoms with Crippen LogP contribution >= 0.6 is 0 Å². The van der Waals surface area contributed by atoms with Gasteiger partial charge in [0.15, 0.2) is 0 Å². The zero-order valence-electron chi connectivity index (χ0n) is 11.1. The summed E-state index contributed by atoms with van der Waals surface area (Å²) >= 11 is 0. The Bertz CT molecular complexity index is 622. The predicted molar refractivity (Wildman–Crippen MR) is 74.1 cm³/mol. The molecule has 1 heterocycles. The fraction of sp³-hybridized carbons (Fsp3) is 0.250. The third-order valence-corrected chi connectivity index (χ3v) is 3.35. The van der Waals surface area contributed by atoms with Crippen LogP contribution in [0.25, 0.3) is 0 Å². The molecule has 0 aromatic heterocycles. The first-order chi connectivity index (χ1) is 9.60. The number of ether oxygens (including phenoxy) is 1. The minimum Gasteiger partial charge on any atom is -0.488 e. The second-order valence-electron chi connectivity index (χ2n) is 5.09. The van der Waals surface area contributed by atoms with E-state index in [0.717, 1.165) is 18.2 Å². The van der Waals surface area contributed by atoms with Gasteiger partial charge in [-0.2, -0.15) is 0 Å². The molecule has 2 aromatic carbocycles. The molecule has 0 saturated carbocycles. The summed E-state index contributed by atoms with van der Waals surface area (Å²) in [4.78, 5) is 0. The molecular weight excluding hydrogens is 260 g/mol. The van der Waals surface area contributed by atoms with Gasteiger partial charge in [0, 0.05) is 18.2 Å². The van der Waals surface area contributed by atoms with Crippen LogP contribution in [0.3, 0.4) is 0 Å². The Morgan fingerprint density at radius 2 is 1.90 bits per heavy atom. The van der Waals surface area contributed by atoms with Crippen LogP contribution in [-0.4, -0.2) is 12.6 Å². The average Bonchev–Trinajstić information content (AvgIpc) is 2.77.